The van der Waals surface area contributed by atoms with Gasteiger partial charge < -0.3 is 9.67 Å². The van der Waals surface area contributed by atoms with Crippen LogP contribution in [0, 0.1) is 5.82 Å². The molecule has 2 aromatic rings. The molecule has 1 aromatic carbocycles. The zero-order chi connectivity index (χ0) is 15.8. The maximum atomic E-state index is 13.2. The van der Waals surface area contributed by atoms with E-state index in [4.69, 9.17) is 5.11 Å². The molecule has 0 amide bonds. The molecule has 0 aliphatic carbocycles. The number of hydrogen-bond acceptors (Lipinski definition) is 1. The topological polar surface area (TPSA) is 42.2 Å². The van der Waals surface area contributed by atoms with Crippen LogP contribution < -0.4 is 0 Å². The van der Waals surface area contributed by atoms with Crippen molar-refractivity contribution in [3.63, 3.8) is 0 Å². The van der Waals surface area contributed by atoms with Gasteiger partial charge in [0, 0.05) is 23.4 Å². The highest BCUT2D eigenvalue weighted by Crippen LogP contribution is 2.33. The molecule has 0 bridgehead atoms. The van der Waals surface area contributed by atoms with Gasteiger partial charge in [-0.1, -0.05) is 15.9 Å². The minimum atomic E-state index is -4.76. The Kier molecular flexibility index (Phi) is 4.08. The summed E-state index contributed by atoms with van der Waals surface area (Å²) in [6, 6.07) is 3.91. The molecule has 0 saturated carbocycles. The maximum absolute atomic E-state index is 13.2. The Morgan fingerprint density at radius 2 is 1.90 bits per heavy atom. The largest absolute Gasteiger partial charge is 0.478 e. The monoisotopic (exact) mass is 365 g/mol. The van der Waals surface area contributed by atoms with Crippen molar-refractivity contribution in [3.8, 4) is 0 Å². The van der Waals surface area contributed by atoms with Gasteiger partial charge in [-0.15, -0.1) is 0 Å². The van der Waals surface area contributed by atoms with Crippen LogP contribution in [0.15, 0.2) is 35.1 Å². The second-order valence-corrected chi connectivity index (χ2v) is 5.25. The fourth-order valence-electron chi connectivity index (χ4n) is 1.91. The maximum Gasteiger partial charge on any atom is 0.418 e. The first-order valence-corrected chi connectivity index (χ1v) is 6.41. The van der Waals surface area contributed by atoms with E-state index in [0.29, 0.717) is 16.2 Å². The van der Waals surface area contributed by atoms with Crippen LogP contribution in [0.5, 0.6) is 0 Å². The van der Waals surface area contributed by atoms with Gasteiger partial charge in [-0.05, 0) is 23.8 Å². The van der Waals surface area contributed by atoms with Crippen molar-refractivity contribution in [3.05, 3.63) is 57.6 Å². The van der Waals surface area contributed by atoms with Crippen molar-refractivity contribution >= 4 is 21.9 Å². The third kappa shape index (κ3) is 3.63. The fraction of sp³-hybridized carbons (Fsp3) is 0.154. The highest BCUT2D eigenvalue weighted by molar-refractivity contribution is 9.10. The first kappa shape index (κ1) is 15.6. The molecule has 0 saturated heterocycles. The lowest BCUT2D eigenvalue weighted by Gasteiger charge is -2.05. The molecule has 2 rings (SSSR count). The van der Waals surface area contributed by atoms with E-state index < -0.39 is 29.1 Å². The predicted molar refractivity (Wildman–Crippen MR) is 69.6 cm³/mol. The lowest BCUT2D eigenvalue weighted by Crippen LogP contribution is -2.09. The van der Waals surface area contributed by atoms with Gasteiger partial charge in [0.1, 0.15) is 5.82 Å². The summed E-state index contributed by atoms with van der Waals surface area (Å²) in [7, 11) is 0. The van der Waals surface area contributed by atoms with E-state index in [1.54, 1.807) is 0 Å². The molecule has 0 aliphatic rings. The number of nitrogens with zero attached hydrogens (tertiary/aromatic N) is 1. The number of carboxylic acids is 1. The SMILES string of the molecule is O=C(O)c1cn(Cc2cc(F)cc(Br)c2)cc1C(F)(F)F. The van der Waals surface area contributed by atoms with Crippen LogP contribution in [0.3, 0.4) is 0 Å². The summed E-state index contributed by atoms with van der Waals surface area (Å²) >= 11 is 3.08. The van der Waals surface area contributed by atoms with Gasteiger partial charge in [0.25, 0.3) is 0 Å². The van der Waals surface area contributed by atoms with Crippen molar-refractivity contribution in [2.45, 2.75) is 12.7 Å². The Bertz CT molecular complexity index is 674. The molecular weight excluding hydrogens is 358 g/mol. The van der Waals surface area contributed by atoms with Gasteiger partial charge >= 0.3 is 12.1 Å². The number of carbonyl (C=O) groups is 1. The Morgan fingerprint density at radius 1 is 1.24 bits per heavy atom. The fourth-order valence-corrected chi connectivity index (χ4v) is 2.42. The smallest absolute Gasteiger partial charge is 0.418 e. The molecule has 1 N–H and O–H groups in total. The summed E-state index contributed by atoms with van der Waals surface area (Å²) in [6.45, 7) is -0.0767. The van der Waals surface area contributed by atoms with Crippen LogP contribution in [0.2, 0.25) is 0 Å². The summed E-state index contributed by atoms with van der Waals surface area (Å²) in [5.74, 6) is -2.21. The average molecular weight is 366 g/mol. The molecule has 0 atom stereocenters. The second-order valence-electron chi connectivity index (χ2n) is 4.34. The molecule has 0 radical (unpaired) electrons. The predicted octanol–water partition coefficient (Wildman–Crippen LogP) is 4.16. The minimum Gasteiger partial charge on any atom is -0.478 e. The number of hydrogen-bond donors (Lipinski definition) is 1. The van der Waals surface area contributed by atoms with E-state index in [1.807, 2.05) is 0 Å². The summed E-state index contributed by atoms with van der Waals surface area (Å²) in [6.07, 6.45) is -3.19. The number of carboxylic acid groups (broad SMARTS) is 1. The molecule has 3 nitrogen and oxygen atoms in total. The zero-order valence-corrected chi connectivity index (χ0v) is 11.9. The van der Waals surface area contributed by atoms with E-state index in [2.05, 4.69) is 15.9 Å². The summed E-state index contributed by atoms with van der Waals surface area (Å²) < 4.78 is 53.0. The molecule has 21 heavy (non-hydrogen) atoms. The average Bonchev–Trinajstić information content (AvgIpc) is 2.71. The number of rotatable bonds is 3. The molecule has 0 unspecified atom stereocenters. The summed E-state index contributed by atoms with van der Waals surface area (Å²) in [4.78, 5) is 10.9. The van der Waals surface area contributed by atoms with E-state index in [0.717, 1.165) is 10.8 Å². The van der Waals surface area contributed by atoms with Crippen LogP contribution in [-0.4, -0.2) is 15.6 Å². The van der Waals surface area contributed by atoms with E-state index in [9.17, 15) is 22.4 Å². The van der Waals surface area contributed by atoms with Gasteiger partial charge in [-0.25, -0.2) is 9.18 Å². The van der Waals surface area contributed by atoms with E-state index >= 15 is 0 Å². The standard InChI is InChI=1S/C13H8BrF4NO2/c14-8-1-7(2-9(15)3-8)4-19-5-10(12(20)21)11(6-19)13(16,17)18/h1-3,5-6H,4H2,(H,20,21). The van der Waals surface area contributed by atoms with Crippen LogP contribution in [-0.2, 0) is 12.7 Å². The van der Waals surface area contributed by atoms with Crippen LogP contribution >= 0.6 is 15.9 Å². The van der Waals surface area contributed by atoms with Crippen molar-refractivity contribution in [2.24, 2.45) is 0 Å². The van der Waals surface area contributed by atoms with Crippen molar-refractivity contribution in [2.75, 3.05) is 0 Å². The molecule has 0 aliphatic heterocycles. The van der Waals surface area contributed by atoms with Crippen LogP contribution in [0.25, 0.3) is 0 Å². The number of benzene rings is 1. The normalized spacial score (nSPS) is 11.7. The van der Waals surface area contributed by atoms with Gasteiger partial charge in [0.15, 0.2) is 0 Å². The van der Waals surface area contributed by atoms with E-state index in [1.165, 1.54) is 18.2 Å². The summed E-state index contributed by atoms with van der Waals surface area (Å²) in [5, 5.41) is 8.82. The van der Waals surface area contributed by atoms with Crippen LogP contribution in [0.1, 0.15) is 21.5 Å². The third-order valence-electron chi connectivity index (χ3n) is 2.70. The quantitative estimate of drug-likeness (QED) is 0.830. The number of aromatic carboxylic acids is 1. The molecule has 8 heteroatoms. The molecule has 112 valence electrons. The minimum absolute atomic E-state index is 0.0767. The Hall–Kier alpha value is -1.83. The molecule has 1 aromatic heterocycles. The number of alkyl halides is 3. The first-order valence-electron chi connectivity index (χ1n) is 5.62. The molecular formula is C13H8BrF4NO2. The van der Waals surface area contributed by atoms with Crippen molar-refractivity contribution in [1.29, 1.82) is 0 Å². The van der Waals surface area contributed by atoms with E-state index in [-0.39, 0.29) is 6.54 Å². The molecule has 0 fully saturated rings. The zero-order valence-electron chi connectivity index (χ0n) is 10.3. The van der Waals surface area contributed by atoms with Gasteiger partial charge in [0.2, 0.25) is 0 Å². The van der Waals surface area contributed by atoms with Crippen molar-refractivity contribution < 1.29 is 27.5 Å². The first-order chi connectivity index (χ1) is 9.66. The van der Waals surface area contributed by atoms with Crippen LogP contribution in [0.4, 0.5) is 17.6 Å². The lowest BCUT2D eigenvalue weighted by molar-refractivity contribution is -0.138. The molecule has 1 heterocycles. The Labute approximate surface area is 124 Å². The Morgan fingerprint density at radius 3 is 2.38 bits per heavy atom. The number of aromatic nitrogens is 1. The second kappa shape index (κ2) is 5.51. The summed E-state index contributed by atoms with van der Waals surface area (Å²) in [5.41, 5.74) is -1.66. The molecule has 0 spiro atoms. The highest BCUT2D eigenvalue weighted by atomic mass is 79.9. The van der Waals surface area contributed by atoms with Gasteiger partial charge in [0.05, 0.1) is 11.1 Å². The van der Waals surface area contributed by atoms with Gasteiger partial charge in [-0.3, -0.25) is 0 Å². The van der Waals surface area contributed by atoms with Gasteiger partial charge in [-0.2, -0.15) is 13.2 Å². The third-order valence-corrected chi connectivity index (χ3v) is 3.16. The van der Waals surface area contributed by atoms with Crippen molar-refractivity contribution in [1.82, 2.24) is 4.57 Å². The lowest BCUT2D eigenvalue weighted by atomic mass is 10.2. The Balaban J connectivity index is 2.39. The highest BCUT2D eigenvalue weighted by Gasteiger charge is 2.36. The number of halogens is 5.